The predicted molar refractivity (Wildman–Crippen MR) is 58.7 cm³/mol. The van der Waals surface area contributed by atoms with Gasteiger partial charge in [-0.25, -0.2) is 0 Å². The molecular weight excluding hydrogens is 188 g/mol. The van der Waals surface area contributed by atoms with Crippen molar-refractivity contribution in [2.45, 2.75) is 19.4 Å². The lowest BCUT2D eigenvalue weighted by Gasteiger charge is -2.06. The molecule has 0 saturated carbocycles. The molecule has 0 bridgehead atoms. The molecular formula is C12H12N2O. The van der Waals surface area contributed by atoms with Crippen LogP contribution in [-0.2, 0) is 0 Å². The third kappa shape index (κ3) is 3.34. The van der Waals surface area contributed by atoms with Crippen LogP contribution in [-0.4, -0.2) is 10.7 Å². The minimum absolute atomic E-state index is 0.504. The van der Waals surface area contributed by atoms with Gasteiger partial charge in [-0.1, -0.05) is 11.8 Å². The van der Waals surface area contributed by atoms with Crippen molar-refractivity contribution in [1.29, 1.82) is 5.26 Å². The van der Waals surface area contributed by atoms with E-state index in [2.05, 4.69) is 11.8 Å². The molecule has 0 radical (unpaired) electrons. The highest BCUT2D eigenvalue weighted by molar-refractivity contribution is 5.59. The number of benzene rings is 1. The second-order valence-corrected chi connectivity index (χ2v) is 3.72. The third-order valence-corrected chi connectivity index (χ3v) is 1.69. The van der Waals surface area contributed by atoms with Crippen LogP contribution in [0, 0.1) is 23.2 Å². The maximum absolute atomic E-state index is 9.42. The summed E-state index contributed by atoms with van der Waals surface area (Å²) in [7, 11) is 0. The predicted octanol–water partition coefficient (Wildman–Crippen LogP) is 1.26. The molecule has 3 N–H and O–H groups in total. The Morgan fingerprint density at radius 3 is 2.60 bits per heavy atom. The van der Waals surface area contributed by atoms with Gasteiger partial charge in [-0.2, -0.15) is 5.26 Å². The zero-order valence-corrected chi connectivity index (χ0v) is 8.70. The second kappa shape index (κ2) is 4.04. The summed E-state index contributed by atoms with van der Waals surface area (Å²) in [6.07, 6.45) is 0. The Kier molecular flexibility index (Phi) is 2.99. The van der Waals surface area contributed by atoms with Gasteiger partial charge in [0.05, 0.1) is 11.6 Å². The lowest BCUT2D eigenvalue weighted by atomic mass is 10.1. The quantitative estimate of drug-likeness (QED) is 0.489. The van der Waals surface area contributed by atoms with E-state index >= 15 is 0 Å². The van der Waals surface area contributed by atoms with E-state index in [4.69, 9.17) is 11.0 Å². The SMILES string of the molecule is CC(C)(O)C#Cc1cc(C#N)ccc1N. The van der Waals surface area contributed by atoms with Gasteiger partial charge >= 0.3 is 0 Å². The van der Waals surface area contributed by atoms with E-state index in [1.165, 1.54) is 0 Å². The van der Waals surface area contributed by atoms with Gasteiger partial charge in [0, 0.05) is 11.3 Å². The summed E-state index contributed by atoms with van der Waals surface area (Å²) in [6.45, 7) is 3.18. The Morgan fingerprint density at radius 2 is 2.07 bits per heavy atom. The molecule has 1 aromatic carbocycles. The molecule has 76 valence electrons. The van der Waals surface area contributed by atoms with Crippen molar-refractivity contribution in [2.75, 3.05) is 5.73 Å². The summed E-state index contributed by atoms with van der Waals surface area (Å²) in [5.41, 5.74) is 6.19. The minimum atomic E-state index is -1.06. The Hall–Kier alpha value is -1.97. The third-order valence-electron chi connectivity index (χ3n) is 1.69. The smallest absolute Gasteiger partial charge is 0.120 e. The Balaban J connectivity index is 3.14. The van der Waals surface area contributed by atoms with Gasteiger partial charge in [0.15, 0.2) is 0 Å². The Morgan fingerprint density at radius 1 is 1.40 bits per heavy atom. The first kappa shape index (κ1) is 11.1. The van der Waals surface area contributed by atoms with Crippen molar-refractivity contribution >= 4 is 5.69 Å². The molecule has 0 aromatic heterocycles. The number of hydrogen-bond donors (Lipinski definition) is 2. The highest BCUT2D eigenvalue weighted by atomic mass is 16.3. The van der Waals surface area contributed by atoms with E-state index in [0.29, 0.717) is 16.8 Å². The van der Waals surface area contributed by atoms with E-state index in [9.17, 15) is 5.11 Å². The van der Waals surface area contributed by atoms with Crippen LogP contribution < -0.4 is 5.73 Å². The highest BCUT2D eigenvalue weighted by Crippen LogP contribution is 2.12. The van der Waals surface area contributed by atoms with E-state index < -0.39 is 5.60 Å². The van der Waals surface area contributed by atoms with Crippen molar-refractivity contribution in [3.63, 3.8) is 0 Å². The maximum atomic E-state index is 9.42. The van der Waals surface area contributed by atoms with E-state index in [-0.39, 0.29) is 0 Å². The van der Waals surface area contributed by atoms with Crippen LogP contribution >= 0.6 is 0 Å². The van der Waals surface area contributed by atoms with Gasteiger partial charge in [0.1, 0.15) is 5.60 Å². The molecule has 3 nitrogen and oxygen atoms in total. The molecule has 3 heteroatoms. The molecule has 0 heterocycles. The number of hydrogen-bond acceptors (Lipinski definition) is 3. The molecule has 1 aromatic rings. The van der Waals surface area contributed by atoms with E-state index in [1.807, 2.05) is 6.07 Å². The Bertz CT molecular complexity index is 467. The summed E-state index contributed by atoms with van der Waals surface area (Å²) >= 11 is 0. The molecule has 0 spiro atoms. The van der Waals surface area contributed by atoms with Crippen molar-refractivity contribution < 1.29 is 5.11 Å². The van der Waals surface area contributed by atoms with Crippen molar-refractivity contribution in [3.05, 3.63) is 29.3 Å². The molecule has 0 unspecified atom stereocenters. The summed E-state index contributed by atoms with van der Waals surface area (Å²) in [4.78, 5) is 0. The number of nitriles is 1. The van der Waals surface area contributed by atoms with Gasteiger partial charge in [0.2, 0.25) is 0 Å². The normalized spacial score (nSPS) is 10.0. The Labute approximate surface area is 89.1 Å². The summed E-state index contributed by atoms with van der Waals surface area (Å²) < 4.78 is 0. The number of rotatable bonds is 0. The minimum Gasteiger partial charge on any atom is -0.398 e. The van der Waals surface area contributed by atoms with Gasteiger partial charge in [0.25, 0.3) is 0 Å². The fraction of sp³-hybridized carbons (Fsp3) is 0.250. The lowest BCUT2D eigenvalue weighted by Crippen LogP contribution is -2.14. The number of aliphatic hydroxyl groups is 1. The molecule has 0 fully saturated rings. The van der Waals surface area contributed by atoms with Gasteiger partial charge in [-0.3, -0.25) is 0 Å². The van der Waals surface area contributed by atoms with Crippen LogP contribution in [0.5, 0.6) is 0 Å². The number of nitrogen functional groups attached to an aromatic ring is 1. The maximum Gasteiger partial charge on any atom is 0.120 e. The zero-order chi connectivity index (χ0) is 11.5. The molecule has 0 aliphatic heterocycles. The van der Waals surface area contributed by atoms with Crippen LogP contribution in [0.15, 0.2) is 18.2 Å². The molecule has 0 saturated heterocycles. The summed E-state index contributed by atoms with van der Waals surface area (Å²) in [5, 5.41) is 18.1. The monoisotopic (exact) mass is 200 g/mol. The number of nitrogens with two attached hydrogens (primary N) is 1. The van der Waals surface area contributed by atoms with Crippen LogP contribution in [0.3, 0.4) is 0 Å². The summed E-state index contributed by atoms with van der Waals surface area (Å²) in [5.74, 6) is 5.40. The first-order valence-electron chi connectivity index (χ1n) is 4.47. The molecule has 15 heavy (non-hydrogen) atoms. The van der Waals surface area contributed by atoms with Crippen molar-refractivity contribution in [1.82, 2.24) is 0 Å². The number of anilines is 1. The fourth-order valence-electron chi connectivity index (χ4n) is 0.954. The standard InChI is InChI=1S/C12H12N2O/c1-12(2,15)6-5-10-7-9(8-13)3-4-11(10)14/h3-4,7,15H,14H2,1-2H3. The second-order valence-electron chi connectivity index (χ2n) is 3.72. The fourth-order valence-corrected chi connectivity index (χ4v) is 0.954. The first-order chi connectivity index (χ1) is 6.92. The average molecular weight is 200 g/mol. The molecule has 0 aliphatic carbocycles. The zero-order valence-electron chi connectivity index (χ0n) is 8.70. The van der Waals surface area contributed by atoms with Crippen LogP contribution in [0.4, 0.5) is 5.69 Å². The van der Waals surface area contributed by atoms with E-state index in [0.717, 1.165) is 0 Å². The molecule has 0 amide bonds. The topological polar surface area (TPSA) is 70.0 Å². The molecule has 0 aliphatic rings. The summed E-state index contributed by atoms with van der Waals surface area (Å²) in [6, 6.07) is 6.87. The van der Waals surface area contributed by atoms with Crippen LogP contribution in [0.1, 0.15) is 25.0 Å². The average Bonchev–Trinajstić information content (AvgIpc) is 2.15. The van der Waals surface area contributed by atoms with E-state index in [1.54, 1.807) is 32.0 Å². The van der Waals surface area contributed by atoms with Gasteiger partial charge < -0.3 is 10.8 Å². The highest BCUT2D eigenvalue weighted by Gasteiger charge is 2.06. The van der Waals surface area contributed by atoms with Crippen LogP contribution in [0.25, 0.3) is 0 Å². The molecule has 1 rings (SSSR count). The van der Waals surface area contributed by atoms with Crippen molar-refractivity contribution in [2.24, 2.45) is 0 Å². The van der Waals surface area contributed by atoms with Gasteiger partial charge in [-0.05, 0) is 32.0 Å². The number of nitrogens with zero attached hydrogens (tertiary/aromatic N) is 1. The van der Waals surface area contributed by atoms with Crippen LogP contribution in [0.2, 0.25) is 0 Å². The lowest BCUT2D eigenvalue weighted by molar-refractivity contribution is 0.143. The largest absolute Gasteiger partial charge is 0.398 e. The van der Waals surface area contributed by atoms with Crippen molar-refractivity contribution in [3.8, 4) is 17.9 Å². The first-order valence-corrected chi connectivity index (χ1v) is 4.47. The molecule has 0 atom stereocenters. The van der Waals surface area contributed by atoms with Gasteiger partial charge in [-0.15, -0.1) is 0 Å².